The van der Waals surface area contributed by atoms with Crippen molar-refractivity contribution in [1.29, 1.82) is 0 Å². The van der Waals surface area contributed by atoms with Gasteiger partial charge in [-0.25, -0.2) is 4.79 Å². The molecule has 21 heavy (non-hydrogen) atoms. The van der Waals surface area contributed by atoms with Gasteiger partial charge in [-0.1, -0.05) is 23.7 Å². The molecule has 0 unspecified atom stereocenters. The van der Waals surface area contributed by atoms with Crippen LogP contribution in [0, 0.1) is 0 Å². The summed E-state index contributed by atoms with van der Waals surface area (Å²) in [6.45, 7) is 5.10. The Morgan fingerprint density at radius 2 is 1.81 bits per heavy atom. The van der Waals surface area contributed by atoms with Crippen LogP contribution in [0.3, 0.4) is 0 Å². The highest BCUT2D eigenvalue weighted by molar-refractivity contribution is 6.30. The van der Waals surface area contributed by atoms with Crippen molar-refractivity contribution >= 4 is 23.7 Å². The standard InChI is InChI=1S/C15H20ClNO4/c1-15(2,3)21-14(20)17(10-13(18)19)9-8-11-4-6-12(16)7-5-11/h4-7H,8-10H2,1-3H3,(H,18,19). The van der Waals surface area contributed by atoms with Crippen molar-refractivity contribution in [1.82, 2.24) is 4.90 Å². The summed E-state index contributed by atoms with van der Waals surface area (Å²) < 4.78 is 5.21. The molecule has 0 atom stereocenters. The number of benzene rings is 1. The van der Waals surface area contributed by atoms with E-state index in [1.165, 1.54) is 4.90 Å². The number of amides is 1. The monoisotopic (exact) mass is 313 g/mol. The number of carboxylic acid groups (broad SMARTS) is 1. The van der Waals surface area contributed by atoms with Crippen LogP contribution in [-0.2, 0) is 16.0 Å². The Morgan fingerprint density at radius 3 is 2.29 bits per heavy atom. The fraction of sp³-hybridized carbons (Fsp3) is 0.467. The third-order valence-corrected chi connectivity index (χ3v) is 2.81. The van der Waals surface area contributed by atoms with Crippen molar-refractivity contribution in [3.63, 3.8) is 0 Å². The van der Waals surface area contributed by atoms with Crippen LogP contribution in [0.25, 0.3) is 0 Å². The minimum atomic E-state index is -1.07. The zero-order valence-electron chi connectivity index (χ0n) is 12.4. The maximum atomic E-state index is 12.0. The predicted molar refractivity (Wildman–Crippen MR) is 80.6 cm³/mol. The van der Waals surface area contributed by atoms with Crippen LogP contribution >= 0.6 is 11.6 Å². The molecular weight excluding hydrogens is 294 g/mol. The first-order valence-corrected chi connectivity index (χ1v) is 6.99. The first-order chi connectivity index (χ1) is 9.67. The van der Waals surface area contributed by atoms with Gasteiger partial charge in [0.05, 0.1) is 0 Å². The van der Waals surface area contributed by atoms with E-state index < -0.39 is 17.7 Å². The Labute approximate surface area is 129 Å². The second-order valence-electron chi connectivity index (χ2n) is 5.67. The number of rotatable bonds is 5. The Kier molecular flexibility index (Phi) is 6.03. The molecule has 1 aromatic rings. The van der Waals surface area contributed by atoms with E-state index in [-0.39, 0.29) is 13.1 Å². The number of carbonyl (C=O) groups excluding carboxylic acids is 1. The highest BCUT2D eigenvalue weighted by Gasteiger charge is 2.23. The number of nitrogens with zero attached hydrogens (tertiary/aromatic N) is 1. The van der Waals surface area contributed by atoms with Gasteiger partial charge in [0, 0.05) is 11.6 Å². The maximum absolute atomic E-state index is 12.0. The molecule has 1 N–H and O–H groups in total. The molecule has 0 aliphatic rings. The third-order valence-electron chi connectivity index (χ3n) is 2.56. The smallest absolute Gasteiger partial charge is 0.410 e. The van der Waals surface area contributed by atoms with E-state index >= 15 is 0 Å². The largest absolute Gasteiger partial charge is 0.480 e. The number of aliphatic carboxylic acids is 1. The Hall–Kier alpha value is -1.75. The summed E-state index contributed by atoms with van der Waals surface area (Å²) in [4.78, 5) is 24.0. The van der Waals surface area contributed by atoms with E-state index in [0.29, 0.717) is 11.4 Å². The molecule has 1 rings (SSSR count). The lowest BCUT2D eigenvalue weighted by atomic mass is 10.1. The number of ether oxygens (including phenoxy) is 1. The van der Waals surface area contributed by atoms with Crippen molar-refractivity contribution in [3.05, 3.63) is 34.9 Å². The van der Waals surface area contributed by atoms with Gasteiger partial charge in [-0.2, -0.15) is 0 Å². The van der Waals surface area contributed by atoms with Crippen LogP contribution in [0.2, 0.25) is 5.02 Å². The summed E-state index contributed by atoms with van der Waals surface area (Å²) in [7, 11) is 0. The average molecular weight is 314 g/mol. The Morgan fingerprint density at radius 1 is 1.24 bits per heavy atom. The number of halogens is 1. The van der Waals surface area contributed by atoms with Crippen molar-refractivity contribution in [2.24, 2.45) is 0 Å². The molecule has 5 nitrogen and oxygen atoms in total. The van der Waals surface area contributed by atoms with E-state index in [4.69, 9.17) is 21.4 Å². The van der Waals surface area contributed by atoms with Crippen LogP contribution in [-0.4, -0.2) is 40.8 Å². The molecule has 0 spiro atoms. The molecular formula is C15H20ClNO4. The van der Waals surface area contributed by atoms with Crippen LogP contribution in [0.1, 0.15) is 26.3 Å². The molecule has 0 fully saturated rings. The molecule has 0 aromatic heterocycles. The summed E-state index contributed by atoms with van der Waals surface area (Å²) in [6, 6.07) is 7.20. The Balaban J connectivity index is 2.67. The van der Waals surface area contributed by atoms with Crippen molar-refractivity contribution in [2.45, 2.75) is 32.8 Å². The van der Waals surface area contributed by atoms with Gasteiger partial charge in [0.1, 0.15) is 12.1 Å². The van der Waals surface area contributed by atoms with Gasteiger partial charge in [-0.05, 0) is 44.9 Å². The van der Waals surface area contributed by atoms with Gasteiger partial charge in [0.15, 0.2) is 0 Å². The Bertz CT molecular complexity index is 493. The first-order valence-electron chi connectivity index (χ1n) is 6.61. The van der Waals surface area contributed by atoms with E-state index in [9.17, 15) is 9.59 Å². The van der Waals surface area contributed by atoms with Crippen molar-refractivity contribution in [2.75, 3.05) is 13.1 Å². The van der Waals surface area contributed by atoms with Gasteiger partial charge < -0.3 is 9.84 Å². The SMILES string of the molecule is CC(C)(C)OC(=O)N(CCc1ccc(Cl)cc1)CC(=O)O. The molecule has 0 saturated carbocycles. The summed E-state index contributed by atoms with van der Waals surface area (Å²) in [6.07, 6.45) is -0.0946. The van der Waals surface area contributed by atoms with Crippen LogP contribution in [0.4, 0.5) is 4.79 Å². The van der Waals surface area contributed by atoms with Crippen LogP contribution < -0.4 is 0 Å². The normalized spacial score (nSPS) is 11.0. The molecule has 6 heteroatoms. The lowest BCUT2D eigenvalue weighted by Crippen LogP contribution is -2.40. The van der Waals surface area contributed by atoms with Crippen molar-refractivity contribution in [3.8, 4) is 0 Å². The highest BCUT2D eigenvalue weighted by atomic mass is 35.5. The molecule has 116 valence electrons. The lowest BCUT2D eigenvalue weighted by Gasteiger charge is -2.26. The third kappa shape index (κ3) is 6.99. The fourth-order valence-electron chi connectivity index (χ4n) is 1.64. The summed E-state index contributed by atoms with van der Waals surface area (Å²) >= 11 is 5.80. The van der Waals surface area contributed by atoms with Crippen LogP contribution in [0.5, 0.6) is 0 Å². The van der Waals surface area contributed by atoms with Crippen molar-refractivity contribution < 1.29 is 19.4 Å². The summed E-state index contributed by atoms with van der Waals surface area (Å²) in [5.74, 6) is -1.07. The lowest BCUT2D eigenvalue weighted by molar-refractivity contribution is -0.138. The first kappa shape index (κ1) is 17.3. The number of carbonyl (C=O) groups is 2. The van der Waals surface area contributed by atoms with Gasteiger partial charge in [-0.3, -0.25) is 9.69 Å². The quantitative estimate of drug-likeness (QED) is 0.906. The number of hydrogen-bond acceptors (Lipinski definition) is 3. The average Bonchev–Trinajstić information content (AvgIpc) is 2.33. The summed E-state index contributed by atoms with van der Waals surface area (Å²) in [5.41, 5.74) is 0.312. The summed E-state index contributed by atoms with van der Waals surface area (Å²) in [5, 5.41) is 9.53. The van der Waals surface area contributed by atoms with Gasteiger partial charge in [0.2, 0.25) is 0 Å². The molecule has 0 aliphatic carbocycles. The second kappa shape index (κ2) is 7.31. The topological polar surface area (TPSA) is 66.8 Å². The second-order valence-corrected chi connectivity index (χ2v) is 6.11. The van der Waals surface area contributed by atoms with E-state index in [1.54, 1.807) is 32.9 Å². The molecule has 0 radical (unpaired) electrons. The molecule has 1 amide bonds. The molecule has 1 aromatic carbocycles. The zero-order valence-corrected chi connectivity index (χ0v) is 13.2. The van der Waals surface area contributed by atoms with Gasteiger partial charge in [-0.15, -0.1) is 0 Å². The van der Waals surface area contributed by atoms with E-state index in [2.05, 4.69) is 0 Å². The maximum Gasteiger partial charge on any atom is 0.410 e. The van der Waals surface area contributed by atoms with Crippen LogP contribution in [0.15, 0.2) is 24.3 Å². The number of carboxylic acids is 1. The molecule has 0 bridgehead atoms. The molecule has 0 heterocycles. The molecule has 0 aliphatic heterocycles. The van der Waals surface area contributed by atoms with E-state index in [0.717, 1.165) is 5.56 Å². The minimum absolute atomic E-state index is 0.267. The fourth-order valence-corrected chi connectivity index (χ4v) is 1.77. The van der Waals surface area contributed by atoms with Gasteiger partial charge in [0.25, 0.3) is 0 Å². The predicted octanol–water partition coefficient (Wildman–Crippen LogP) is 3.20. The zero-order chi connectivity index (χ0) is 16.0. The highest BCUT2D eigenvalue weighted by Crippen LogP contribution is 2.12. The van der Waals surface area contributed by atoms with E-state index in [1.807, 2.05) is 12.1 Å². The van der Waals surface area contributed by atoms with Gasteiger partial charge >= 0.3 is 12.1 Å². The molecule has 0 saturated heterocycles. The minimum Gasteiger partial charge on any atom is -0.480 e. The number of hydrogen-bond donors (Lipinski definition) is 1.